The zero-order valence-corrected chi connectivity index (χ0v) is 19.5. The molecule has 0 heterocycles. The van der Waals surface area contributed by atoms with E-state index in [-0.39, 0.29) is 47.5 Å². The van der Waals surface area contributed by atoms with Crippen molar-refractivity contribution in [1.29, 1.82) is 0 Å². The Bertz CT molecular complexity index is 1070. The molecule has 2 aromatic rings. The Kier molecular flexibility index (Phi) is 8.68. The van der Waals surface area contributed by atoms with Crippen LogP contribution in [-0.2, 0) is 17.6 Å². The second-order valence-electron chi connectivity index (χ2n) is 9.04. The quantitative estimate of drug-likeness (QED) is 0.265. The summed E-state index contributed by atoms with van der Waals surface area (Å²) in [5.41, 5.74) is 0.322. The monoisotopic (exact) mass is 516 g/mol. The van der Waals surface area contributed by atoms with Gasteiger partial charge in [-0.1, -0.05) is 18.2 Å². The SMILES string of the molecule is CC(=O)c1cc(OC2CCC(CC(=O)Cc3cccc(OC(F)(F)F)c3)CC2)ccc1CC(F)(F)F. The van der Waals surface area contributed by atoms with E-state index in [0.717, 1.165) is 0 Å². The summed E-state index contributed by atoms with van der Waals surface area (Å²) in [5, 5.41) is 0. The zero-order valence-electron chi connectivity index (χ0n) is 19.5. The molecule has 0 spiro atoms. The first kappa shape index (κ1) is 27.5. The first-order valence-corrected chi connectivity index (χ1v) is 11.5. The number of ether oxygens (including phenoxy) is 2. The summed E-state index contributed by atoms with van der Waals surface area (Å²) < 4.78 is 85.3. The maximum Gasteiger partial charge on any atom is 0.573 e. The van der Waals surface area contributed by atoms with Crippen LogP contribution in [0.15, 0.2) is 42.5 Å². The van der Waals surface area contributed by atoms with Crippen molar-refractivity contribution in [2.75, 3.05) is 0 Å². The van der Waals surface area contributed by atoms with Crippen LogP contribution in [0, 0.1) is 5.92 Å². The highest BCUT2D eigenvalue weighted by atomic mass is 19.4. The molecule has 0 amide bonds. The van der Waals surface area contributed by atoms with E-state index in [9.17, 15) is 35.9 Å². The zero-order chi connectivity index (χ0) is 26.5. The summed E-state index contributed by atoms with van der Waals surface area (Å²) in [4.78, 5) is 24.3. The van der Waals surface area contributed by atoms with Crippen molar-refractivity contribution < 1.29 is 45.4 Å². The molecular formula is C26H26F6O4. The molecule has 0 N–H and O–H groups in total. The molecule has 2 aromatic carbocycles. The lowest BCUT2D eigenvalue weighted by Gasteiger charge is -2.29. The van der Waals surface area contributed by atoms with E-state index in [2.05, 4.69) is 4.74 Å². The van der Waals surface area contributed by atoms with Gasteiger partial charge in [-0.25, -0.2) is 0 Å². The van der Waals surface area contributed by atoms with Gasteiger partial charge in [-0.2, -0.15) is 13.2 Å². The Balaban J connectivity index is 1.50. The predicted octanol–water partition coefficient (Wildman–Crippen LogP) is 7.03. The summed E-state index contributed by atoms with van der Waals surface area (Å²) in [6.45, 7) is 1.21. The van der Waals surface area contributed by atoms with Gasteiger partial charge in [0.2, 0.25) is 0 Å². The van der Waals surface area contributed by atoms with Gasteiger partial charge in [0.15, 0.2) is 5.78 Å². The average molecular weight is 516 g/mol. The Morgan fingerprint density at radius 3 is 2.22 bits per heavy atom. The lowest BCUT2D eigenvalue weighted by atomic mass is 9.83. The Hall–Kier alpha value is -3.04. The molecule has 0 bridgehead atoms. The molecule has 3 rings (SSSR count). The van der Waals surface area contributed by atoms with Crippen LogP contribution in [0.5, 0.6) is 11.5 Å². The van der Waals surface area contributed by atoms with Gasteiger partial charge in [0.25, 0.3) is 0 Å². The maximum absolute atomic E-state index is 12.8. The molecule has 1 fully saturated rings. The van der Waals surface area contributed by atoms with Crippen LogP contribution in [0.2, 0.25) is 0 Å². The molecule has 4 nitrogen and oxygen atoms in total. The third-order valence-electron chi connectivity index (χ3n) is 6.00. The van der Waals surface area contributed by atoms with E-state index in [1.54, 1.807) is 6.07 Å². The number of ketones is 2. The lowest BCUT2D eigenvalue weighted by molar-refractivity contribution is -0.274. The molecule has 1 aliphatic carbocycles. The minimum Gasteiger partial charge on any atom is -0.490 e. The van der Waals surface area contributed by atoms with E-state index >= 15 is 0 Å². The number of hydrogen-bond acceptors (Lipinski definition) is 4. The van der Waals surface area contributed by atoms with E-state index in [1.807, 2.05) is 0 Å². The molecule has 1 aliphatic rings. The highest BCUT2D eigenvalue weighted by molar-refractivity contribution is 5.96. The average Bonchev–Trinajstić information content (AvgIpc) is 2.74. The number of benzene rings is 2. The highest BCUT2D eigenvalue weighted by Gasteiger charge is 2.32. The molecule has 36 heavy (non-hydrogen) atoms. The topological polar surface area (TPSA) is 52.6 Å². The number of Topliss-reactive ketones (excluding diaryl/α,β-unsaturated/α-hetero) is 2. The number of carbonyl (C=O) groups is 2. The first-order chi connectivity index (χ1) is 16.8. The van der Waals surface area contributed by atoms with E-state index in [1.165, 1.54) is 43.3 Å². The standard InChI is InChI=1S/C26H26F6O4/c1-16(33)24-14-22(10-7-19(24)15-25(27,28)29)35-21-8-5-17(6-9-21)11-20(34)12-18-3-2-4-23(13-18)36-26(30,31)32/h2-4,7,10,13-14,17,21H,5-6,8-9,11-12,15H2,1H3. The lowest BCUT2D eigenvalue weighted by Crippen LogP contribution is -2.25. The summed E-state index contributed by atoms with van der Waals surface area (Å²) in [5.74, 6) is -0.502. The number of halogens is 6. The third-order valence-corrected chi connectivity index (χ3v) is 6.00. The van der Waals surface area contributed by atoms with Crippen molar-refractivity contribution in [3.8, 4) is 11.5 Å². The fraction of sp³-hybridized carbons (Fsp3) is 0.462. The van der Waals surface area contributed by atoms with Crippen molar-refractivity contribution in [1.82, 2.24) is 0 Å². The normalized spacial score (nSPS) is 18.5. The molecule has 0 aromatic heterocycles. The van der Waals surface area contributed by atoms with Crippen molar-refractivity contribution in [3.05, 3.63) is 59.2 Å². The molecule has 10 heteroatoms. The number of rotatable bonds is 9. The van der Waals surface area contributed by atoms with Crippen LogP contribution in [-0.4, -0.2) is 30.2 Å². The molecule has 0 radical (unpaired) electrons. The largest absolute Gasteiger partial charge is 0.573 e. The number of carbonyl (C=O) groups excluding carboxylic acids is 2. The summed E-state index contributed by atoms with van der Waals surface area (Å²) in [6, 6.07) is 9.38. The predicted molar refractivity (Wildman–Crippen MR) is 119 cm³/mol. The van der Waals surface area contributed by atoms with Crippen molar-refractivity contribution in [2.24, 2.45) is 5.92 Å². The van der Waals surface area contributed by atoms with E-state index in [4.69, 9.17) is 4.74 Å². The van der Waals surface area contributed by atoms with Gasteiger partial charge in [-0.05, 0) is 73.9 Å². The van der Waals surface area contributed by atoms with Gasteiger partial charge in [0.1, 0.15) is 17.3 Å². The Morgan fingerprint density at radius 1 is 0.917 bits per heavy atom. The molecule has 0 aliphatic heterocycles. The number of alkyl halides is 6. The van der Waals surface area contributed by atoms with Gasteiger partial charge < -0.3 is 9.47 Å². The van der Waals surface area contributed by atoms with Crippen LogP contribution in [0.3, 0.4) is 0 Å². The van der Waals surface area contributed by atoms with Gasteiger partial charge in [-0.15, -0.1) is 13.2 Å². The fourth-order valence-corrected chi connectivity index (χ4v) is 4.45. The van der Waals surface area contributed by atoms with Gasteiger partial charge in [0, 0.05) is 18.4 Å². The van der Waals surface area contributed by atoms with Crippen LogP contribution in [0.25, 0.3) is 0 Å². The highest BCUT2D eigenvalue weighted by Crippen LogP contribution is 2.32. The minimum absolute atomic E-state index is 0.00355. The molecule has 196 valence electrons. The smallest absolute Gasteiger partial charge is 0.490 e. The second-order valence-corrected chi connectivity index (χ2v) is 9.04. The summed E-state index contributed by atoms with van der Waals surface area (Å²) in [7, 11) is 0. The molecule has 0 atom stereocenters. The minimum atomic E-state index is -4.80. The second kappa shape index (κ2) is 11.3. The van der Waals surface area contributed by atoms with Crippen LogP contribution in [0.4, 0.5) is 26.3 Å². The van der Waals surface area contributed by atoms with Gasteiger partial charge >= 0.3 is 12.5 Å². The summed E-state index contributed by atoms with van der Waals surface area (Å²) in [6.07, 6.45) is -7.68. The van der Waals surface area contributed by atoms with Crippen LogP contribution >= 0.6 is 0 Å². The van der Waals surface area contributed by atoms with Crippen LogP contribution < -0.4 is 9.47 Å². The third kappa shape index (κ3) is 8.87. The van der Waals surface area contributed by atoms with Gasteiger partial charge in [-0.3, -0.25) is 9.59 Å². The number of hydrogen-bond donors (Lipinski definition) is 0. The maximum atomic E-state index is 12.8. The molecule has 0 saturated heterocycles. The van der Waals surface area contributed by atoms with E-state index < -0.39 is 24.7 Å². The van der Waals surface area contributed by atoms with Crippen LogP contribution in [0.1, 0.15) is 60.5 Å². The molecule has 1 saturated carbocycles. The first-order valence-electron chi connectivity index (χ1n) is 11.5. The summed E-state index contributed by atoms with van der Waals surface area (Å²) >= 11 is 0. The van der Waals surface area contributed by atoms with E-state index in [0.29, 0.717) is 37.0 Å². The Labute approximate surface area is 204 Å². The van der Waals surface area contributed by atoms with Crippen molar-refractivity contribution >= 4 is 11.6 Å². The Morgan fingerprint density at radius 2 is 1.61 bits per heavy atom. The molecule has 0 unspecified atom stereocenters. The van der Waals surface area contributed by atoms with Gasteiger partial charge in [0.05, 0.1) is 12.5 Å². The fourth-order valence-electron chi connectivity index (χ4n) is 4.45. The van der Waals surface area contributed by atoms with Crippen molar-refractivity contribution in [3.63, 3.8) is 0 Å². The van der Waals surface area contributed by atoms with Crippen molar-refractivity contribution in [2.45, 2.75) is 70.5 Å². The molecular weight excluding hydrogens is 490 g/mol.